The van der Waals surface area contributed by atoms with Crippen LogP contribution in [0.15, 0.2) is 18.2 Å². The third kappa shape index (κ3) is 2.79. The standard InChI is InChI=1S/C9H12ClNO2/c1-6(5-12)13-9-4-7(11)2-3-8(9)10/h2-4,6,12H,5,11H2,1H3/t6-/m0/s1/i12T. The fourth-order valence-electron chi connectivity index (χ4n) is 0.861. The summed E-state index contributed by atoms with van der Waals surface area (Å²) in [5.41, 5.74) is 6.16. The number of rotatable bonds is 4. The van der Waals surface area contributed by atoms with Gasteiger partial charge in [0.1, 0.15) is 11.9 Å². The number of nitrogens with two attached hydrogens (primary N) is 1. The van der Waals surface area contributed by atoms with Gasteiger partial charge in [-0.15, -0.1) is 0 Å². The van der Waals surface area contributed by atoms with Crippen LogP contribution in [0.1, 0.15) is 6.92 Å². The highest BCUT2D eigenvalue weighted by molar-refractivity contribution is 6.32. The molecule has 0 spiro atoms. The molecule has 1 rings (SSSR count). The molecule has 4 heteroatoms. The number of ether oxygens (including phenoxy) is 1. The molecule has 0 bridgehead atoms. The summed E-state index contributed by atoms with van der Waals surface area (Å²) in [4.78, 5) is 0. The van der Waals surface area contributed by atoms with E-state index in [4.69, 9.17) is 23.5 Å². The highest BCUT2D eigenvalue weighted by atomic mass is 35.5. The van der Waals surface area contributed by atoms with E-state index in [0.717, 1.165) is 0 Å². The normalized spacial score (nSPS) is 13.5. The van der Waals surface area contributed by atoms with E-state index in [1.54, 1.807) is 25.1 Å². The van der Waals surface area contributed by atoms with Gasteiger partial charge in [-0.3, -0.25) is 0 Å². The lowest BCUT2D eigenvalue weighted by Gasteiger charge is -2.13. The van der Waals surface area contributed by atoms with Crippen LogP contribution in [-0.4, -0.2) is 19.3 Å². The van der Waals surface area contributed by atoms with Crippen molar-refractivity contribution < 1.29 is 9.85 Å². The van der Waals surface area contributed by atoms with Crippen molar-refractivity contribution in [3.05, 3.63) is 23.2 Å². The van der Waals surface area contributed by atoms with Gasteiger partial charge >= 0.3 is 0 Å². The molecule has 0 aliphatic rings. The van der Waals surface area contributed by atoms with E-state index in [1.807, 2.05) is 0 Å². The lowest BCUT2D eigenvalue weighted by atomic mass is 10.3. The number of hydrogen-bond acceptors (Lipinski definition) is 3. The molecule has 13 heavy (non-hydrogen) atoms. The van der Waals surface area contributed by atoms with Crippen LogP contribution in [-0.2, 0) is 0 Å². The third-order valence-corrected chi connectivity index (χ3v) is 1.83. The zero-order valence-corrected chi connectivity index (χ0v) is 8.04. The molecule has 1 aromatic carbocycles. The monoisotopic (exact) mass is 203 g/mol. The van der Waals surface area contributed by atoms with Crippen molar-refractivity contribution in [1.82, 2.24) is 0 Å². The van der Waals surface area contributed by atoms with Crippen LogP contribution in [0.4, 0.5) is 5.69 Å². The summed E-state index contributed by atoms with van der Waals surface area (Å²) in [5.74, 6) is 0.510. The fraction of sp³-hybridized carbons (Fsp3) is 0.333. The first-order chi connectivity index (χ1) is 6.63. The molecule has 0 aliphatic carbocycles. The van der Waals surface area contributed by atoms with Gasteiger partial charge < -0.3 is 15.6 Å². The Balaban J connectivity index is 2.70. The van der Waals surface area contributed by atoms with Gasteiger partial charge in [0.05, 0.1) is 11.6 Å². The second-order valence-electron chi connectivity index (χ2n) is 2.78. The Morgan fingerprint density at radius 1 is 1.77 bits per heavy atom. The summed E-state index contributed by atoms with van der Waals surface area (Å²) >= 11 is 5.87. The van der Waals surface area contributed by atoms with Crippen molar-refractivity contribution in [2.75, 3.05) is 12.3 Å². The molecule has 0 heterocycles. The molecule has 1 atom stereocenters. The first-order valence-corrected chi connectivity index (χ1v) is 4.31. The quantitative estimate of drug-likeness (QED) is 0.733. The first kappa shape index (κ1) is 8.66. The molecule has 1 aromatic rings. The van der Waals surface area contributed by atoms with Crippen LogP contribution in [0.2, 0.25) is 5.02 Å². The maximum absolute atomic E-state index is 6.56. The minimum Gasteiger partial charge on any atom is -0.487 e. The first-order valence-electron chi connectivity index (χ1n) is 4.34. The highest BCUT2D eigenvalue weighted by Gasteiger charge is 2.06. The smallest absolute Gasteiger partial charge is 0.210 e. The van der Waals surface area contributed by atoms with Crippen LogP contribution < -0.4 is 10.5 Å². The molecule has 0 aromatic heterocycles. The Morgan fingerprint density at radius 2 is 2.54 bits per heavy atom. The van der Waals surface area contributed by atoms with Gasteiger partial charge in [-0.1, -0.05) is 11.6 Å². The van der Waals surface area contributed by atoms with Crippen molar-refractivity contribution in [3.63, 3.8) is 0 Å². The topological polar surface area (TPSA) is 55.5 Å². The molecule has 0 aliphatic heterocycles. The fourth-order valence-corrected chi connectivity index (χ4v) is 1.02. The van der Waals surface area contributed by atoms with Crippen molar-refractivity contribution >= 4 is 17.3 Å². The highest BCUT2D eigenvalue weighted by Crippen LogP contribution is 2.27. The molecule has 3 N–H and O–H groups in total. The minimum atomic E-state index is -0.230. The van der Waals surface area contributed by atoms with Crippen molar-refractivity contribution in [3.8, 4) is 5.75 Å². The number of nitrogen functional groups attached to an aromatic ring is 1. The molecule has 72 valence electrons. The molecular formula is C9H12ClNO2. The lowest BCUT2D eigenvalue weighted by Crippen LogP contribution is -2.16. The second-order valence-corrected chi connectivity index (χ2v) is 3.19. The Morgan fingerprint density at radius 3 is 3.23 bits per heavy atom. The average molecular weight is 204 g/mol. The maximum Gasteiger partial charge on any atom is 0.210 e. The van der Waals surface area contributed by atoms with Crippen molar-refractivity contribution in [1.29, 1.82) is 1.43 Å². The maximum atomic E-state index is 6.56. The zero-order chi connectivity index (χ0) is 10.6. The summed E-state index contributed by atoms with van der Waals surface area (Å²) in [5, 5.41) is 4.69. The minimum absolute atomic E-state index is 0.186. The Labute approximate surface area is 83.6 Å². The van der Waals surface area contributed by atoms with Gasteiger partial charge in [-0.05, 0) is 19.1 Å². The molecule has 0 saturated heterocycles. The van der Waals surface area contributed by atoms with Crippen LogP contribution in [0, 0.1) is 0 Å². The van der Waals surface area contributed by atoms with Crippen LogP contribution in [0.3, 0.4) is 0 Å². The van der Waals surface area contributed by atoms with Gasteiger partial charge in [0.2, 0.25) is 1.43 Å². The Bertz CT molecular complexity index is 309. The third-order valence-electron chi connectivity index (χ3n) is 1.52. The summed E-state index contributed by atoms with van der Waals surface area (Å²) in [6.45, 7) is 1.97. The lowest BCUT2D eigenvalue weighted by molar-refractivity contribution is 0.130. The van der Waals surface area contributed by atoms with Crippen LogP contribution >= 0.6 is 11.6 Å². The number of aliphatic hydroxyl groups excluding tert-OH is 1. The Hall–Kier alpha value is -0.930. The summed E-state index contributed by atoms with van der Waals surface area (Å²) in [6.07, 6.45) is -0.230. The van der Waals surface area contributed by atoms with E-state index in [-0.39, 0.29) is 12.7 Å². The van der Waals surface area contributed by atoms with Crippen LogP contribution in [0.5, 0.6) is 5.75 Å². The molecule has 0 fully saturated rings. The number of benzene rings is 1. The number of anilines is 1. The van der Waals surface area contributed by atoms with E-state index >= 15 is 0 Å². The second kappa shape index (κ2) is 4.35. The van der Waals surface area contributed by atoms with Gasteiger partial charge in [-0.25, -0.2) is 0 Å². The van der Waals surface area contributed by atoms with Crippen molar-refractivity contribution in [2.45, 2.75) is 13.0 Å². The van der Waals surface area contributed by atoms with Gasteiger partial charge in [0.25, 0.3) is 0 Å². The van der Waals surface area contributed by atoms with Crippen molar-refractivity contribution in [2.24, 2.45) is 0 Å². The van der Waals surface area contributed by atoms with Gasteiger partial charge in [0, 0.05) is 11.8 Å². The molecule has 0 radical (unpaired) electrons. The summed E-state index contributed by atoms with van der Waals surface area (Å²) in [7, 11) is 0. The summed E-state index contributed by atoms with van der Waals surface area (Å²) < 4.78 is 12.0. The average Bonchev–Trinajstić information content (AvgIpc) is 2.12. The van der Waals surface area contributed by atoms with Crippen LogP contribution in [0.25, 0.3) is 0 Å². The molecule has 0 unspecified atom stereocenters. The van der Waals surface area contributed by atoms with E-state index in [1.165, 1.54) is 0 Å². The molecular weight excluding hydrogens is 190 g/mol. The predicted molar refractivity (Wildman–Crippen MR) is 53.0 cm³/mol. The van der Waals surface area contributed by atoms with E-state index in [9.17, 15) is 0 Å². The van der Waals surface area contributed by atoms with Gasteiger partial charge in [-0.2, -0.15) is 0 Å². The molecule has 3 nitrogen and oxygen atoms in total. The largest absolute Gasteiger partial charge is 0.487 e. The molecule has 0 amide bonds. The number of halogens is 1. The van der Waals surface area contributed by atoms with Gasteiger partial charge in [0.15, 0.2) is 0 Å². The predicted octanol–water partition coefficient (Wildman–Crippen LogP) is 1.68. The Kier molecular flexibility index (Phi) is 2.90. The SMILES string of the molecule is [3H]OC[C@H](C)Oc1cc(N)ccc1Cl. The zero-order valence-electron chi connectivity index (χ0n) is 8.29. The number of hydrogen-bond donors (Lipinski definition) is 2. The van der Waals surface area contributed by atoms with E-state index < -0.39 is 0 Å². The van der Waals surface area contributed by atoms with E-state index in [0.29, 0.717) is 16.5 Å². The summed E-state index contributed by atoms with van der Waals surface area (Å²) in [6, 6.07) is 5.00. The molecule has 0 saturated carbocycles. The van der Waals surface area contributed by atoms with E-state index in [2.05, 4.69) is 5.11 Å². The number of aliphatic hydroxyl groups is 1.